The number of anilines is 1. The number of hydrogen-bond acceptors (Lipinski definition) is 6. The summed E-state index contributed by atoms with van der Waals surface area (Å²) in [5.41, 5.74) is 1.29. The number of carbonyl (C=O) groups is 1. The maximum Gasteiger partial charge on any atom is 0.225 e. The Bertz CT molecular complexity index is 709. The lowest BCUT2D eigenvalue weighted by molar-refractivity contribution is -0.124. The molecule has 1 aromatic heterocycles. The molecule has 1 saturated carbocycles. The van der Waals surface area contributed by atoms with Gasteiger partial charge in [-0.1, -0.05) is 6.92 Å². The summed E-state index contributed by atoms with van der Waals surface area (Å²) in [5.74, 6) is 2.31. The Balaban J connectivity index is 1.14. The molecule has 1 aliphatic carbocycles. The van der Waals surface area contributed by atoms with E-state index in [-0.39, 0.29) is 0 Å². The highest BCUT2D eigenvalue weighted by Crippen LogP contribution is 2.36. The number of aromatic nitrogens is 2. The van der Waals surface area contributed by atoms with Gasteiger partial charge in [-0.25, -0.2) is 9.97 Å². The molecule has 1 aromatic rings. The second-order valence-electron chi connectivity index (χ2n) is 9.81. The fourth-order valence-corrected chi connectivity index (χ4v) is 6.19. The summed E-state index contributed by atoms with van der Waals surface area (Å²) in [7, 11) is 2.23. The lowest BCUT2D eigenvalue weighted by Gasteiger charge is -2.46. The zero-order valence-corrected chi connectivity index (χ0v) is 18.0. The molecule has 4 aliphatic rings. The first-order chi connectivity index (χ1) is 14.1. The Hall–Kier alpha value is -1.53. The summed E-state index contributed by atoms with van der Waals surface area (Å²) in [4.78, 5) is 29.1. The van der Waals surface area contributed by atoms with Crippen molar-refractivity contribution >= 4 is 11.7 Å². The molecule has 158 valence electrons. The smallest absolute Gasteiger partial charge is 0.225 e. The number of piperazine rings is 1. The van der Waals surface area contributed by atoms with Crippen LogP contribution in [0.3, 0.4) is 0 Å². The Morgan fingerprint density at radius 3 is 2.10 bits per heavy atom. The van der Waals surface area contributed by atoms with Crippen molar-refractivity contribution in [2.45, 2.75) is 75.9 Å². The van der Waals surface area contributed by atoms with Gasteiger partial charge in [0, 0.05) is 75.0 Å². The molecule has 5 rings (SSSR count). The fourth-order valence-electron chi connectivity index (χ4n) is 6.19. The van der Waals surface area contributed by atoms with Crippen LogP contribution in [0.1, 0.15) is 63.4 Å². The molecule has 0 N–H and O–H groups in total. The third kappa shape index (κ3) is 3.70. The molecule has 6 nitrogen and oxygen atoms in total. The molecule has 0 aromatic carbocycles. The van der Waals surface area contributed by atoms with Crippen LogP contribution in [0.2, 0.25) is 0 Å². The first-order valence-electron chi connectivity index (χ1n) is 11.7. The fraction of sp³-hybridized carbons (Fsp3) is 0.783. The summed E-state index contributed by atoms with van der Waals surface area (Å²) in [6.07, 6.45) is 11.9. The molecule has 3 aliphatic heterocycles. The summed E-state index contributed by atoms with van der Waals surface area (Å²) in [6, 6.07) is 1.84. The van der Waals surface area contributed by atoms with E-state index in [1.54, 1.807) is 0 Å². The van der Waals surface area contributed by atoms with Gasteiger partial charge in [-0.15, -0.1) is 0 Å². The Labute approximate surface area is 174 Å². The lowest BCUT2D eigenvalue weighted by atomic mass is 9.80. The van der Waals surface area contributed by atoms with E-state index in [1.807, 2.05) is 6.92 Å². The quantitative estimate of drug-likeness (QED) is 0.761. The van der Waals surface area contributed by atoms with Crippen molar-refractivity contribution in [2.24, 2.45) is 5.92 Å². The molecule has 4 heterocycles. The molecule has 2 bridgehead atoms. The van der Waals surface area contributed by atoms with Crippen LogP contribution in [0.4, 0.5) is 5.95 Å². The average molecular weight is 398 g/mol. The Morgan fingerprint density at radius 1 is 0.931 bits per heavy atom. The van der Waals surface area contributed by atoms with Gasteiger partial charge in [-0.3, -0.25) is 9.69 Å². The van der Waals surface area contributed by atoms with Crippen molar-refractivity contribution in [2.75, 3.05) is 38.1 Å². The van der Waals surface area contributed by atoms with E-state index in [2.05, 4.69) is 34.1 Å². The number of likely N-dealkylation sites (N-methyl/N-ethyl adjacent to an activating group) is 1. The third-order valence-electron chi connectivity index (χ3n) is 7.95. The Kier molecular flexibility index (Phi) is 5.33. The van der Waals surface area contributed by atoms with E-state index in [0.29, 0.717) is 42.2 Å². The molecule has 4 fully saturated rings. The van der Waals surface area contributed by atoms with Gasteiger partial charge >= 0.3 is 0 Å². The van der Waals surface area contributed by atoms with Gasteiger partial charge in [0.25, 0.3) is 0 Å². The lowest BCUT2D eigenvalue weighted by Crippen LogP contribution is -2.53. The number of nitrogens with zero attached hydrogens (tertiary/aromatic N) is 5. The topological polar surface area (TPSA) is 52.6 Å². The largest absolute Gasteiger partial charge is 0.332 e. The molecule has 3 saturated heterocycles. The molecule has 0 amide bonds. The van der Waals surface area contributed by atoms with Crippen molar-refractivity contribution in [3.63, 3.8) is 0 Å². The minimum Gasteiger partial charge on any atom is -0.332 e. The first-order valence-corrected chi connectivity index (χ1v) is 11.7. The van der Waals surface area contributed by atoms with Crippen molar-refractivity contribution < 1.29 is 4.79 Å². The first kappa shape index (κ1) is 19.4. The predicted octanol–water partition coefficient (Wildman–Crippen LogP) is 2.70. The SMILES string of the molecule is CCC(=O)C1CCC(N2CC(c3cnc(N4C5CCC4CN(C)C5)nc3)C2)CC1. The van der Waals surface area contributed by atoms with Crippen molar-refractivity contribution in [3.8, 4) is 0 Å². The number of carbonyl (C=O) groups excluding carboxylic acids is 1. The van der Waals surface area contributed by atoms with E-state index < -0.39 is 0 Å². The number of Topliss-reactive ketones (excluding diaryl/α,β-unsaturated/α-hetero) is 1. The monoisotopic (exact) mass is 397 g/mol. The van der Waals surface area contributed by atoms with Crippen molar-refractivity contribution in [1.82, 2.24) is 19.8 Å². The highest BCUT2D eigenvalue weighted by Gasteiger charge is 2.40. The van der Waals surface area contributed by atoms with Crippen molar-refractivity contribution in [3.05, 3.63) is 18.0 Å². The van der Waals surface area contributed by atoms with Crippen LogP contribution in [-0.2, 0) is 4.79 Å². The van der Waals surface area contributed by atoms with Gasteiger partial charge in [-0.2, -0.15) is 0 Å². The normalized spacial score (nSPS) is 33.7. The van der Waals surface area contributed by atoms with Gasteiger partial charge in [0.05, 0.1) is 0 Å². The molecule has 0 radical (unpaired) electrons. The van der Waals surface area contributed by atoms with E-state index in [1.165, 1.54) is 31.2 Å². The molecule has 2 unspecified atom stereocenters. The number of ketones is 1. The van der Waals surface area contributed by atoms with E-state index in [4.69, 9.17) is 9.97 Å². The Morgan fingerprint density at radius 2 is 1.52 bits per heavy atom. The summed E-state index contributed by atoms with van der Waals surface area (Å²) in [5, 5.41) is 0. The van der Waals surface area contributed by atoms with Crippen LogP contribution in [0.25, 0.3) is 0 Å². The second kappa shape index (κ2) is 7.95. The zero-order valence-electron chi connectivity index (χ0n) is 18.0. The van der Waals surface area contributed by atoms with Crippen LogP contribution in [-0.4, -0.2) is 76.9 Å². The van der Waals surface area contributed by atoms with Gasteiger partial charge in [0.1, 0.15) is 5.78 Å². The maximum absolute atomic E-state index is 11.9. The molecule has 0 spiro atoms. The van der Waals surface area contributed by atoms with Gasteiger partial charge < -0.3 is 9.80 Å². The maximum atomic E-state index is 11.9. The minimum atomic E-state index is 0.333. The standard InChI is InChI=1S/C23H35N5O/c1-3-22(29)16-4-6-19(7-5-16)27-12-18(13-27)17-10-24-23(25-11-17)28-20-8-9-21(28)15-26(2)14-20/h10-11,16,18-21H,3-9,12-15H2,1-2H3. The minimum absolute atomic E-state index is 0.333. The molecular weight excluding hydrogens is 362 g/mol. The van der Waals surface area contributed by atoms with Gasteiger partial charge in [0.2, 0.25) is 5.95 Å². The van der Waals surface area contributed by atoms with E-state index in [0.717, 1.165) is 45.0 Å². The van der Waals surface area contributed by atoms with Crippen LogP contribution in [0.5, 0.6) is 0 Å². The van der Waals surface area contributed by atoms with E-state index >= 15 is 0 Å². The zero-order chi connectivity index (χ0) is 20.0. The third-order valence-corrected chi connectivity index (χ3v) is 7.95. The second-order valence-corrected chi connectivity index (χ2v) is 9.81. The van der Waals surface area contributed by atoms with Gasteiger partial charge in [-0.05, 0) is 51.1 Å². The molecule has 6 heteroatoms. The summed E-state index contributed by atoms with van der Waals surface area (Å²) < 4.78 is 0. The average Bonchev–Trinajstić information content (AvgIpc) is 2.98. The van der Waals surface area contributed by atoms with Crippen LogP contribution >= 0.6 is 0 Å². The molecular formula is C23H35N5O. The molecule has 2 atom stereocenters. The number of fused-ring (bicyclic) bond motifs is 2. The van der Waals surface area contributed by atoms with Crippen LogP contribution in [0, 0.1) is 5.92 Å². The predicted molar refractivity (Wildman–Crippen MR) is 114 cm³/mol. The molecule has 29 heavy (non-hydrogen) atoms. The van der Waals surface area contributed by atoms with Gasteiger partial charge in [0.15, 0.2) is 0 Å². The van der Waals surface area contributed by atoms with Crippen molar-refractivity contribution in [1.29, 1.82) is 0 Å². The van der Waals surface area contributed by atoms with Crippen LogP contribution < -0.4 is 4.90 Å². The number of hydrogen-bond donors (Lipinski definition) is 0. The highest BCUT2D eigenvalue weighted by molar-refractivity contribution is 5.80. The highest BCUT2D eigenvalue weighted by atomic mass is 16.1. The summed E-state index contributed by atoms with van der Waals surface area (Å²) >= 11 is 0. The number of likely N-dealkylation sites (tertiary alicyclic amines) is 2. The number of rotatable bonds is 5. The van der Waals surface area contributed by atoms with E-state index in [9.17, 15) is 4.79 Å². The van der Waals surface area contributed by atoms with Crippen LogP contribution in [0.15, 0.2) is 12.4 Å². The summed E-state index contributed by atoms with van der Waals surface area (Å²) in [6.45, 7) is 6.51.